The van der Waals surface area contributed by atoms with E-state index in [4.69, 9.17) is 4.74 Å². The van der Waals surface area contributed by atoms with E-state index in [-0.39, 0.29) is 29.1 Å². The van der Waals surface area contributed by atoms with Crippen LogP contribution in [0.15, 0.2) is 113 Å². The van der Waals surface area contributed by atoms with Crippen molar-refractivity contribution in [3.63, 3.8) is 0 Å². The molecule has 0 fully saturated rings. The summed E-state index contributed by atoms with van der Waals surface area (Å²) in [6.45, 7) is -0.112. The number of carbonyl (C=O) groups is 2. The third-order valence-corrected chi connectivity index (χ3v) is 10.5. The molecule has 4 aromatic heterocycles. The number of halogens is 2. The van der Waals surface area contributed by atoms with E-state index in [1.165, 1.54) is 71.9 Å². The predicted molar refractivity (Wildman–Crippen MR) is 175 cm³/mol. The first-order valence-electron chi connectivity index (χ1n) is 14.4. The number of benzene rings is 2. The number of rotatable bonds is 10. The minimum absolute atomic E-state index is 0.0941. The Hall–Kier alpha value is -5.47. The van der Waals surface area contributed by atoms with Crippen molar-refractivity contribution in [2.24, 2.45) is 0 Å². The summed E-state index contributed by atoms with van der Waals surface area (Å²) in [5.41, 5.74) is 0.210. The molecule has 0 saturated carbocycles. The van der Waals surface area contributed by atoms with Gasteiger partial charge in [-0.2, -0.15) is 0 Å². The molecule has 0 aliphatic rings. The molecule has 1 atom stereocenters. The zero-order valence-corrected chi connectivity index (χ0v) is 26.8. The predicted octanol–water partition coefficient (Wildman–Crippen LogP) is 5.52. The topological polar surface area (TPSA) is 129 Å². The number of pyridine rings is 2. The molecule has 0 aliphatic carbocycles. The van der Waals surface area contributed by atoms with Crippen LogP contribution < -0.4 is 10.9 Å². The Labute approximate surface area is 276 Å². The van der Waals surface area contributed by atoms with Crippen LogP contribution in [0.2, 0.25) is 0 Å². The molecular weight excluding hydrogens is 663 g/mol. The standard InChI is InChI=1S/C34H26F2N4O6S2/c1-46-31(41)18-28(38-33(42)24-10-6-16-39(34(24)43)19-21-11-12-26(35)27(36)17-21)30-14-13-29(47-30)25-20-40(32-23(25)9-5-15-37-32)48(44,45)22-7-3-2-4-8-22/h2-17,20,28H,18-19H2,1H3,(H,38,42). The Balaban J connectivity index is 1.32. The van der Waals surface area contributed by atoms with Crippen molar-refractivity contribution < 1.29 is 31.5 Å². The Bertz CT molecular complexity index is 2330. The van der Waals surface area contributed by atoms with E-state index in [1.54, 1.807) is 42.5 Å². The molecule has 14 heteroatoms. The first-order valence-corrected chi connectivity index (χ1v) is 16.7. The van der Waals surface area contributed by atoms with Crippen LogP contribution in [-0.4, -0.2) is 40.9 Å². The Morgan fingerprint density at radius 2 is 1.77 bits per heavy atom. The van der Waals surface area contributed by atoms with E-state index in [1.807, 2.05) is 0 Å². The van der Waals surface area contributed by atoms with E-state index in [9.17, 15) is 31.6 Å². The van der Waals surface area contributed by atoms with Crippen molar-refractivity contribution in [3.8, 4) is 10.4 Å². The van der Waals surface area contributed by atoms with Gasteiger partial charge < -0.3 is 14.6 Å². The molecule has 0 bridgehead atoms. The molecule has 6 aromatic rings. The second-order valence-electron chi connectivity index (χ2n) is 10.6. The first kappa shape index (κ1) is 32.5. The lowest BCUT2D eigenvalue weighted by molar-refractivity contribution is -0.141. The Kier molecular flexibility index (Phi) is 9.02. The van der Waals surface area contributed by atoms with Gasteiger partial charge in [0.1, 0.15) is 5.56 Å². The SMILES string of the molecule is COC(=O)CC(NC(=O)c1cccn(Cc2ccc(F)c(F)c2)c1=O)c1ccc(-c2cn(S(=O)(=O)c3ccccc3)c3ncccc23)s1. The normalized spacial score (nSPS) is 12.1. The lowest BCUT2D eigenvalue weighted by Crippen LogP contribution is -2.35. The van der Waals surface area contributed by atoms with Crippen LogP contribution in [0.1, 0.15) is 33.3 Å². The van der Waals surface area contributed by atoms with Crippen molar-refractivity contribution in [3.05, 3.63) is 142 Å². The highest BCUT2D eigenvalue weighted by Crippen LogP contribution is 2.38. The minimum atomic E-state index is -3.99. The molecule has 2 aromatic carbocycles. The van der Waals surface area contributed by atoms with Gasteiger partial charge in [-0.15, -0.1) is 11.3 Å². The molecule has 1 unspecified atom stereocenters. The number of methoxy groups -OCH3 is 1. The number of carbonyl (C=O) groups excluding carboxylic acids is 2. The van der Waals surface area contributed by atoms with Crippen molar-refractivity contribution in [1.82, 2.24) is 18.8 Å². The number of nitrogens with one attached hydrogen (secondary N) is 1. The third-order valence-electron chi connectivity index (χ3n) is 7.57. The van der Waals surface area contributed by atoms with Gasteiger partial charge in [-0.05, 0) is 66.2 Å². The second-order valence-corrected chi connectivity index (χ2v) is 13.6. The highest BCUT2D eigenvalue weighted by Gasteiger charge is 2.26. The number of ether oxygens (including phenoxy) is 1. The molecule has 244 valence electrons. The maximum absolute atomic E-state index is 13.7. The highest BCUT2D eigenvalue weighted by molar-refractivity contribution is 7.90. The van der Waals surface area contributed by atoms with Crippen LogP contribution in [0.5, 0.6) is 0 Å². The number of hydrogen-bond acceptors (Lipinski definition) is 8. The van der Waals surface area contributed by atoms with Crippen LogP contribution >= 0.6 is 11.3 Å². The van der Waals surface area contributed by atoms with Crippen LogP contribution in [0.3, 0.4) is 0 Å². The van der Waals surface area contributed by atoms with Gasteiger partial charge in [0.15, 0.2) is 17.3 Å². The number of amides is 1. The second kappa shape index (κ2) is 13.3. The van der Waals surface area contributed by atoms with E-state index < -0.39 is 45.1 Å². The average Bonchev–Trinajstić information content (AvgIpc) is 3.73. The summed E-state index contributed by atoms with van der Waals surface area (Å²) in [7, 11) is -2.77. The molecule has 0 saturated heterocycles. The maximum atomic E-state index is 13.7. The van der Waals surface area contributed by atoms with Crippen LogP contribution in [0.4, 0.5) is 8.78 Å². The number of esters is 1. The fourth-order valence-corrected chi connectivity index (χ4v) is 7.61. The Morgan fingerprint density at radius 1 is 0.979 bits per heavy atom. The van der Waals surface area contributed by atoms with Gasteiger partial charge >= 0.3 is 5.97 Å². The quantitative estimate of drug-likeness (QED) is 0.188. The van der Waals surface area contributed by atoms with E-state index >= 15 is 0 Å². The van der Waals surface area contributed by atoms with Crippen molar-refractivity contribution in [1.29, 1.82) is 0 Å². The highest BCUT2D eigenvalue weighted by atomic mass is 32.2. The fraction of sp³-hybridized carbons (Fsp3) is 0.118. The van der Waals surface area contributed by atoms with E-state index in [0.29, 0.717) is 26.3 Å². The largest absolute Gasteiger partial charge is 0.469 e. The van der Waals surface area contributed by atoms with Gasteiger partial charge in [-0.1, -0.05) is 24.3 Å². The summed E-state index contributed by atoms with van der Waals surface area (Å²) >= 11 is 1.22. The van der Waals surface area contributed by atoms with Gasteiger partial charge in [-0.25, -0.2) is 26.2 Å². The van der Waals surface area contributed by atoms with Crippen molar-refractivity contribution in [2.45, 2.75) is 23.9 Å². The summed E-state index contributed by atoms with van der Waals surface area (Å²) in [6.07, 6.45) is 4.15. The molecule has 48 heavy (non-hydrogen) atoms. The summed E-state index contributed by atoms with van der Waals surface area (Å²) in [6, 6.07) is 20.0. The molecule has 0 radical (unpaired) electrons. The summed E-state index contributed by atoms with van der Waals surface area (Å²) in [4.78, 5) is 44.7. The molecule has 1 N–H and O–H groups in total. The number of aromatic nitrogens is 3. The molecule has 0 spiro atoms. The zero-order valence-electron chi connectivity index (χ0n) is 25.2. The average molecular weight is 689 g/mol. The summed E-state index contributed by atoms with van der Waals surface area (Å²) < 4.78 is 61.4. The zero-order chi connectivity index (χ0) is 34.0. The summed E-state index contributed by atoms with van der Waals surface area (Å²) in [5, 5.41) is 3.32. The number of hydrogen-bond donors (Lipinski definition) is 1. The van der Waals surface area contributed by atoms with E-state index in [0.717, 1.165) is 16.1 Å². The molecule has 1 amide bonds. The van der Waals surface area contributed by atoms with Crippen LogP contribution in [0.25, 0.3) is 21.5 Å². The van der Waals surface area contributed by atoms with Gasteiger partial charge in [0.05, 0.1) is 31.0 Å². The molecular formula is C34H26F2N4O6S2. The first-order chi connectivity index (χ1) is 23.1. The van der Waals surface area contributed by atoms with Crippen molar-refractivity contribution >= 4 is 44.3 Å². The minimum Gasteiger partial charge on any atom is -0.469 e. The van der Waals surface area contributed by atoms with Crippen LogP contribution in [0, 0.1) is 11.6 Å². The smallest absolute Gasteiger partial charge is 0.307 e. The van der Waals surface area contributed by atoms with Gasteiger partial charge in [0, 0.05) is 39.3 Å². The number of thiophene rings is 1. The van der Waals surface area contributed by atoms with Crippen molar-refractivity contribution in [2.75, 3.05) is 7.11 Å². The lowest BCUT2D eigenvalue weighted by atomic mass is 10.1. The number of fused-ring (bicyclic) bond motifs is 1. The molecule has 6 rings (SSSR count). The van der Waals surface area contributed by atoms with Gasteiger partial charge in [-0.3, -0.25) is 14.4 Å². The molecule has 0 aliphatic heterocycles. The molecule has 10 nitrogen and oxygen atoms in total. The molecule has 4 heterocycles. The van der Waals surface area contributed by atoms with Gasteiger partial charge in [0.2, 0.25) is 0 Å². The number of nitrogens with zero attached hydrogens (tertiary/aromatic N) is 3. The maximum Gasteiger partial charge on any atom is 0.307 e. The monoisotopic (exact) mass is 688 g/mol. The van der Waals surface area contributed by atoms with E-state index in [2.05, 4.69) is 10.3 Å². The van der Waals surface area contributed by atoms with Crippen LogP contribution in [-0.2, 0) is 26.1 Å². The fourth-order valence-electron chi connectivity index (χ4n) is 5.18. The Morgan fingerprint density at radius 3 is 2.52 bits per heavy atom. The third kappa shape index (κ3) is 6.39. The summed E-state index contributed by atoms with van der Waals surface area (Å²) in [5.74, 6) is -3.46. The van der Waals surface area contributed by atoms with Gasteiger partial charge in [0.25, 0.3) is 21.5 Å². The lowest BCUT2D eigenvalue weighted by Gasteiger charge is -2.17.